The zero-order chi connectivity index (χ0) is 15.9. The molecule has 0 amide bonds. The molecule has 0 aliphatic carbocycles. The summed E-state index contributed by atoms with van der Waals surface area (Å²) in [7, 11) is 3.41. The third kappa shape index (κ3) is 4.64. The van der Waals surface area contributed by atoms with Crippen molar-refractivity contribution in [1.82, 2.24) is 10.2 Å². The van der Waals surface area contributed by atoms with Gasteiger partial charge in [0.2, 0.25) is 0 Å². The minimum absolute atomic E-state index is 0.110. The van der Waals surface area contributed by atoms with E-state index in [1.54, 1.807) is 14.2 Å². The number of carbonyl (C=O) groups is 1. The lowest BCUT2D eigenvalue weighted by molar-refractivity contribution is -0.145. The molecule has 3 atom stereocenters. The Labute approximate surface area is 127 Å². The molecule has 0 aromatic carbocycles. The van der Waals surface area contributed by atoms with E-state index in [2.05, 4.69) is 10.2 Å². The van der Waals surface area contributed by atoms with Crippen molar-refractivity contribution in [3.63, 3.8) is 0 Å². The number of hydrogen-bond donors (Lipinski definition) is 2. The lowest BCUT2D eigenvalue weighted by Gasteiger charge is -2.30. The van der Waals surface area contributed by atoms with Gasteiger partial charge in [0.1, 0.15) is 5.54 Å². The first-order valence-electron chi connectivity index (χ1n) is 7.79. The van der Waals surface area contributed by atoms with Gasteiger partial charge in [-0.15, -0.1) is 0 Å². The predicted molar refractivity (Wildman–Crippen MR) is 81.6 cm³/mol. The number of carboxylic acid groups (broad SMARTS) is 1. The maximum absolute atomic E-state index is 11.6. The molecule has 124 valence electrons. The fourth-order valence-corrected chi connectivity index (χ4v) is 3.12. The average Bonchev–Trinajstić information content (AvgIpc) is 2.88. The van der Waals surface area contributed by atoms with Crippen molar-refractivity contribution in [2.75, 3.05) is 40.4 Å². The molecule has 1 fully saturated rings. The average molecular weight is 302 g/mol. The van der Waals surface area contributed by atoms with Crippen LogP contribution in [0.25, 0.3) is 0 Å². The highest BCUT2D eigenvalue weighted by Crippen LogP contribution is 2.21. The molecule has 1 aliphatic heterocycles. The second-order valence-corrected chi connectivity index (χ2v) is 5.68. The molecule has 3 unspecified atom stereocenters. The van der Waals surface area contributed by atoms with Crippen LogP contribution in [-0.2, 0) is 14.3 Å². The monoisotopic (exact) mass is 302 g/mol. The number of hydrogen-bond acceptors (Lipinski definition) is 5. The number of carboxylic acids is 1. The summed E-state index contributed by atoms with van der Waals surface area (Å²) < 4.78 is 10.8. The molecule has 0 radical (unpaired) electrons. The summed E-state index contributed by atoms with van der Waals surface area (Å²) in [5.41, 5.74) is -0.796. The molecule has 1 saturated heterocycles. The van der Waals surface area contributed by atoms with Crippen LogP contribution < -0.4 is 5.32 Å². The number of methoxy groups -OCH3 is 2. The van der Waals surface area contributed by atoms with Gasteiger partial charge in [0.05, 0.1) is 12.2 Å². The van der Waals surface area contributed by atoms with Gasteiger partial charge in [0.15, 0.2) is 0 Å². The lowest BCUT2D eigenvalue weighted by atomic mass is 9.90. The molecule has 1 rings (SSSR count). The second kappa shape index (κ2) is 8.68. The standard InChI is InChI=1S/C15H30N2O4/c1-5-15(14(18)19,16-6-2)8-7-9-17-10-12(20-3)13(11-17)21-4/h12-13,16H,5-11H2,1-4H3,(H,18,19). The molecule has 0 aromatic rings. The highest BCUT2D eigenvalue weighted by molar-refractivity contribution is 5.78. The molecule has 2 N–H and O–H groups in total. The highest BCUT2D eigenvalue weighted by atomic mass is 16.5. The summed E-state index contributed by atoms with van der Waals surface area (Å²) in [5, 5.41) is 12.6. The Morgan fingerprint density at radius 2 is 1.86 bits per heavy atom. The van der Waals surface area contributed by atoms with Crippen LogP contribution in [0.2, 0.25) is 0 Å². The Bertz CT molecular complexity index is 315. The Kier molecular flexibility index (Phi) is 7.59. The van der Waals surface area contributed by atoms with E-state index in [0.29, 0.717) is 19.4 Å². The molecule has 0 aromatic heterocycles. The zero-order valence-electron chi connectivity index (χ0n) is 13.7. The van der Waals surface area contributed by atoms with Crippen LogP contribution in [0, 0.1) is 0 Å². The molecule has 6 heteroatoms. The molecule has 21 heavy (non-hydrogen) atoms. The number of likely N-dealkylation sites (N-methyl/N-ethyl adjacent to an activating group) is 1. The van der Waals surface area contributed by atoms with Crippen LogP contribution in [0.1, 0.15) is 33.1 Å². The fraction of sp³-hybridized carbons (Fsp3) is 0.933. The van der Waals surface area contributed by atoms with Crippen LogP contribution in [0.15, 0.2) is 0 Å². The Hall–Kier alpha value is -0.690. The summed E-state index contributed by atoms with van der Waals surface area (Å²) in [6, 6.07) is 0. The Morgan fingerprint density at radius 3 is 2.24 bits per heavy atom. The predicted octanol–water partition coefficient (Wildman–Crippen LogP) is 0.955. The van der Waals surface area contributed by atoms with Gasteiger partial charge in [-0.25, -0.2) is 0 Å². The molecule has 1 aliphatic rings. The smallest absolute Gasteiger partial charge is 0.323 e. The zero-order valence-corrected chi connectivity index (χ0v) is 13.7. The minimum Gasteiger partial charge on any atom is -0.480 e. The minimum atomic E-state index is -0.796. The van der Waals surface area contributed by atoms with Gasteiger partial charge in [-0.3, -0.25) is 9.69 Å². The Balaban J connectivity index is 2.46. The summed E-state index contributed by atoms with van der Waals surface area (Å²) in [4.78, 5) is 13.8. The lowest BCUT2D eigenvalue weighted by Crippen LogP contribution is -2.51. The first kappa shape index (κ1) is 18.4. The van der Waals surface area contributed by atoms with Gasteiger partial charge in [0, 0.05) is 27.3 Å². The van der Waals surface area contributed by atoms with E-state index in [1.165, 1.54) is 0 Å². The van der Waals surface area contributed by atoms with Gasteiger partial charge in [0.25, 0.3) is 0 Å². The SMILES string of the molecule is CCNC(CC)(CCCN1CC(OC)C(OC)C1)C(=O)O. The van der Waals surface area contributed by atoms with Crippen molar-refractivity contribution in [2.24, 2.45) is 0 Å². The second-order valence-electron chi connectivity index (χ2n) is 5.68. The van der Waals surface area contributed by atoms with E-state index in [1.807, 2.05) is 13.8 Å². The van der Waals surface area contributed by atoms with E-state index in [0.717, 1.165) is 26.1 Å². The molecular weight excluding hydrogens is 272 g/mol. The summed E-state index contributed by atoms with van der Waals surface area (Å²) >= 11 is 0. The Morgan fingerprint density at radius 1 is 1.29 bits per heavy atom. The fourth-order valence-electron chi connectivity index (χ4n) is 3.12. The van der Waals surface area contributed by atoms with Crippen molar-refractivity contribution >= 4 is 5.97 Å². The van der Waals surface area contributed by atoms with Crippen LogP contribution in [0.4, 0.5) is 0 Å². The number of nitrogens with one attached hydrogen (secondary N) is 1. The highest BCUT2D eigenvalue weighted by Gasteiger charge is 2.36. The third-order valence-electron chi connectivity index (χ3n) is 4.50. The van der Waals surface area contributed by atoms with Crippen molar-refractivity contribution in [3.8, 4) is 0 Å². The maximum atomic E-state index is 11.6. The van der Waals surface area contributed by atoms with Crippen molar-refractivity contribution in [3.05, 3.63) is 0 Å². The largest absolute Gasteiger partial charge is 0.480 e. The first-order chi connectivity index (χ1) is 10.0. The van der Waals surface area contributed by atoms with Crippen LogP contribution in [-0.4, -0.2) is 74.1 Å². The molecule has 0 saturated carbocycles. The normalized spacial score (nSPS) is 25.9. The van der Waals surface area contributed by atoms with Gasteiger partial charge in [-0.2, -0.15) is 0 Å². The third-order valence-corrected chi connectivity index (χ3v) is 4.50. The molecule has 6 nitrogen and oxygen atoms in total. The van der Waals surface area contributed by atoms with E-state index in [9.17, 15) is 9.90 Å². The topological polar surface area (TPSA) is 71.0 Å². The number of ether oxygens (including phenoxy) is 2. The number of likely N-dealkylation sites (tertiary alicyclic amines) is 1. The summed E-state index contributed by atoms with van der Waals surface area (Å²) in [6.45, 7) is 7.11. The summed E-state index contributed by atoms with van der Waals surface area (Å²) in [6.07, 6.45) is 2.30. The van der Waals surface area contributed by atoms with E-state index >= 15 is 0 Å². The van der Waals surface area contributed by atoms with Gasteiger partial charge >= 0.3 is 5.97 Å². The van der Waals surface area contributed by atoms with Crippen LogP contribution in [0.3, 0.4) is 0 Å². The van der Waals surface area contributed by atoms with Gasteiger partial charge in [-0.05, 0) is 32.4 Å². The van der Waals surface area contributed by atoms with Crippen LogP contribution in [0.5, 0.6) is 0 Å². The molecule has 0 spiro atoms. The number of aliphatic carboxylic acids is 1. The first-order valence-corrected chi connectivity index (χ1v) is 7.79. The maximum Gasteiger partial charge on any atom is 0.323 e. The number of rotatable bonds is 10. The van der Waals surface area contributed by atoms with Crippen molar-refractivity contribution < 1.29 is 19.4 Å². The molecular formula is C15H30N2O4. The number of nitrogens with zero attached hydrogens (tertiary/aromatic N) is 1. The van der Waals surface area contributed by atoms with E-state index < -0.39 is 11.5 Å². The van der Waals surface area contributed by atoms with E-state index in [4.69, 9.17) is 9.47 Å². The van der Waals surface area contributed by atoms with Gasteiger partial charge in [-0.1, -0.05) is 13.8 Å². The molecule has 0 bridgehead atoms. The van der Waals surface area contributed by atoms with Crippen LogP contribution >= 0.6 is 0 Å². The van der Waals surface area contributed by atoms with E-state index in [-0.39, 0.29) is 12.2 Å². The van der Waals surface area contributed by atoms with Gasteiger partial charge < -0.3 is 19.9 Å². The summed E-state index contributed by atoms with van der Waals surface area (Å²) in [5.74, 6) is -0.752. The molecule has 1 heterocycles. The quantitative estimate of drug-likeness (QED) is 0.626. The van der Waals surface area contributed by atoms with Crippen molar-refractivity contribution in [2.45, 2.75) is 50.9 Å². The van der Waals surface area contributed by atoms with Crippen molar-refractivity contribution in [1.29, 1.82) is 0 Å².